The van der Waals surface area contributed by atoms with Gasteiger partial charge in [-0.05, 0) is 26.3 Å². The molecule has 0 aromatic carbocycles. The molecule has 1 amide bonds. The topological polar surface area (TPSA) is 41.1 Å². The van der Waals surface area contributed by atoms with E-state index >= 15 is 0 Å². The maximum atomic E-state index is 11.8. The number of carbonyl (C=O) groups is 1. The van der Waals surface area contributed by atoms with E-state index < -0.39 is 12.6 Å². The van der Waals surface area contributed by atoms with Crippen molar-refractivity contribution in [3.63, 3.8) is 0 Å². The Kier molecular flexibility index (Phi) is 7.12. The summed E-state index contributed by atoms with van der Waals surface area (Å²) in [5, 5.41) is 5.39. The molecule has 3 nitrogen and oxygen atoms in total. The summed E-state index contributed by atoms with van der Waals surface area (Å²) in [4.78, 5) is 11.2. The molecule has 0 radical (unpaired) electrons. The van der Waals surface area contributed by atoms with E-state index in [4.69, 9.17) is 0 Å². The van der Waals surface area contributed by atoms with E-state index in [1.165, 1.54) is 0 Å². The third kappa shape index (κ3) is 9.76. The van der Waals surface area contributed by atoms with Gasteiger partial charge in [-0.15, -0.1) is 0 Å². The van der Waals surface area contributed by atoms with Crippen LogP contribution in [0.15, 0.2) is 0 Å². The van der Waals surface area contributed by atoms with Gasteiger partial charge in [0.25, 0.3) is 0 Å². The Bertz CT molecular complexity index is 207. The summed E-state index contributed by atoms with van der Waals surface area (Å²) in [5.74, 6) is -0.179. The molecule has 0 heterocycles. The molecular weight excluding hydrogens is 221 g/mol. The number of rotatable bonds is 7. The van der Waals surface area contributed by atoms with Crippen LogP contribution < -0.4 is 10.6 Å². The van der Waals surface area contributed by atoms with Crippen LogP contribution in [0.2, 0.25) is 0 Å². The lowest BCUT2D eigenvalue weighted by Gasteiger charge is -2.12. The Balaban J connectivity index is 3.42. The molecule has 96 valence electrons. The van der Waals surface area contributed by atoms with Gasteiger partial charge < -0.3 is 10.6 Å². The van der Waals surface area contributed by atoms with Crippen molar-refractivity contribution in [3.05, 3.63) is 0 Å². The van der Waals surface area contributed by atoms with Crippen molar-refractivity contribution in [2.45, 2.75) is 45.3 Å². The van der Waals surface area contributed by atoms with Gasteiger partial charge in [0.1, 0.15) is 0 Å². The van der Waals surface area contributed by atoms with Crippen LogP contribution in [0.4, 0.5) is 13.2 Å². The first-order valence-electron chi connectivity index (χ1n) is 5.42. The van der Waals surface area contributed by atoms with Gasteiger partial charge in [-0.2, -0.15) is 13.2 Å². The number of nitrogens with one attached hydrogen (secondary N) is 2. The SMILES string of the molecule is CCC(C)NC(=O)CNCCCC(F)(F)F. The highest BCUT2D eigenvalue weighted by atomic mass is 19.4. The minimum Gasteiger partial charge on any atom is -0.353 e. The van der Waals surface area contributed by atoms with Gasteiger partial charge >= 0.3 is 6.18 Å². The number of hydrogen-bond acceptors (Lipinski definition) is 2. The molecule has 0 aliphatic carbocycles. The van der Waals surface area contributed by atoms with E-state index in [9.17, 15) is 18.0 Å². The Morgan fingerprint density at radius 3 is 2.50 bits per heavy atom. The quantitative estimate of drug-likeness (QED) is 0.667. The Hall–Kier alpha value is -0.780. The molecule has 0 fully saturated rings. The van der Waals surface area contributed by atoms with E-state index in [0.717, 1.165) is 6.42 Å². The van der Waals surface area contributed by atoms with E-state index in [-0.39, 0.29) is 31.5 Å². The average Bonchev–Trinajstić information content (AvgIpc) is 2.15. The third-order valence-corrected chi connectivity index (χ3v) is 2.12. The van der Waals surface area contributed by atoms with Gasteiger partial charge in [-0.25, -0.2) is 0 Å². The van der Waals surface area contributed by atoms with Gasteiger partial charge in [0.05, 0.1) is 6.54 Å². The summed E-state index contributed by atoms with van der Waals surface area (Å²) in [6.45, 7) is 4.10. The molecular formula is C10H19F3N2O. The largest absolute Gasteiger partial charge is 0.389 e. The normalized spacial score (nSPS) is 13.6. The first kappa shape index (κ1) is 15.2. The zero-order valence-corrected chi connectivity index (χ0v) is 9.66. The summed E-state index contributed by atoms with van der Waals surface area (Å²) >= 11 is 0. The highest BCUT2D eigenvalue weighted by Crippen LogP contribution is 2.20. The van der Waals surface area contributed by atoms with Gasteiger partial charge in [0, 0.05) is 12.5 Å². The van der Waals surface area contributed by atoms with Crippen LogP contribution in [-0.2, 0) is 4.79 Å². The fraction of sp³-hybridized carbons (Fsp3) is 0.900. The number of carbonyl (C=O) groups excluding carboxylic acids is 1. The average molecular weight is 240 g/mol. The standard InChI is InChI=1S/C10H19F3N2O/c1-3-8(2)15-9(16)7-14-6-4-5-10(11,12)13/h8,14H,3-7H2,1-2H3,(H,15,16). The van der Waals surface area contributed by atoms with Gasteiger partial charge in [0.15, 0.2) is 0 Å². The molecule has 0 aliphatic rings. The van der Waals surface area contributed by atoms with Crippen LogP contribution in [0.25, 0.3) is 0 Å². The second-order valence-corrected chi connectivity index (χ2v) is 3.77. The van der Waals surface area contributed by atoms with Crippen LogP contribution in [0.1, 0.15) is 33.1 Å². The molecule has 0 spiro atoms. The van der Waals surface area contributed by atoms with Crippen molar-refractivity contribution in [1.29, 1.82) is 0 Å². The minimum absolute atomic E-state index is 0.000110. The van der Waals surface area contributed by atoms with E-state index in [0.29, 0.717) is 0 Å². The number of halogens is 3. The first-order chi connectivity index (χ1) is 7.35. The molecule has 1 unspecified atom stereocenters. The molecule has 1 atom stereocenters. The molecule has 0 saturated carbocycles. The third-order valence-electron chi connectivity index (χ3n) is 2.12. The lowest BCUT2D eigenvalue weighted by Crippen LogP contribution is -2.39. The molecule has 2 N–H and O–H groups in total. The van der Waals surface area contributed by atoms with Crippen molar-refractivity contribution in [1.82, 2.24) is 10.6 Å². The lowest BCUT2D eigenvalue weighted by atomic mass is 10.2. The zero-order valence-electron chi connectivity index (χ0n) is 9.66. The van der Waals surface area contributed by atoms with Crippen molar-refractivity contribution < 1.29 is 18.0 Å². The second kappa shape index (κ2) is 7.49. The van der Waals surface area contributed by atoms with E-state index in [1.807, 2.05) is 13.8 Å². The van der Waals surface area contributed by atoms with Crippen LogP contribution in [0.3, 0.4) is 0 Å². The summed E-state index contributed by atoms with van der Waals surface area (Å²) in [6.07, 6.45) is -4.09. The maximum Gasteiger partial charge on any atom is 0.389 e. The fourth-order valence-corrected chi connectivity index (χ4v) is 1.04. The van der Waals surface area contributed by atoms with Gasteiger partial charge in [-0.3, -0.25) is 4.79 Å². The van der Waals surface area contributed by atoms with Gasteiger partial charge in [-0.1, -0.05) is 6.92 Å². The van der Waals surface area contributed by atoms with Gasteiger partial charge in [0.2, 0.25) is 5.91 Å². The number of hydrogen-bond donors (Lipinski definition) is 2. The Morgan fingerprint density at radius 2 is 2.00 bits per heavy atom. The monoisotopic (exact) mass is 240 g/mol. The molecule has 6 heteroatoms. The Morgan fingerprint density at radius 1 is 1.38 bits per heavy atom. The zero-order chi connectivity index (χ0) is 12.6. The first-order valence-corrected chi connectivity index (χ1v) is 5.42. The van der Waals surface area contributed by atoms with Crippen molar-refractivity contribution in [2.75, 3.05) is 13.1 Å². The highest BCUT2D eigenvalue weighted by Gasteiger charge is 2.25. The number of alkyl halides is 3. The second-order valence-electron chi connectivity index (χ2n) is 3.77. The molecule has 16 heavy (non-hydrogen) atoms. The van der Waals surface area contributed by atoms with Crippen molar-refractivity contribution >= 4 is 5.91 Å². The molecule has 0 bridgehead atoms. The smallest absolute Gasteiger partial charge is 0.353 e. The Labute approximate surface area is 93.8 Å². The summed E-state index contributed by atoms with van der Waals surface area (Å²) < 4.78 is 35.3. The molecule has 0 aliphatic heterocycles. The molecule has 0 aromatic rings. The fourth-order valence-electron chi connectivity index (χ4n) is 1.04. The minimum atomic E-state index is -4.11. The van der Waals surface area contributed by atoms with Crippen LogP contribution in [0.5, 0.6) is 0 Å². The van der Waals surface area contributed by atoms with E-state index in [2.05, 4.69) is 10.6 Å². The van der Waals surface area contributed by atoms with E-state index in [1.54, 1.807) is 0 Å². The molecule has 0 rings (SSSR count). The molecule has 0 aromatic heterocycles. The van der Waals surface area contributed by atoms with Crippen molar-refractivity contribution in [3.8, 4) is 0 Å². The summed E-state index contributed by atoms with van der Waals surface area (Å²) in [7, 11) is 0. The maximum absolute atomic E-state index is 11.8. The summed E-state index contributed by atoms with van der Waals surface area (Å²) in [5.41, 5.74) is 0. The van der Waals surface area contributed by atoms with Crippen LogP contribution in [-0.4, -0.2) is 31.2 Å². The predicted molar refractivity (Wildman–Crippen MR) is 56.1 cm³/mol. The van der Waals surface area contributed by atoms with Crippen LogP contribution >= 0.6 is 0 Å². The lowest BCUT2D eigenvalue weighted by molar-refractivity contribution is -0.135. The summed E-state index contributed by atoms with van der Waals surface area (Å²) in [6, 6.07) is 0.101. The van der Waals surface area contributed by atoms with Crippen molar-refractivity contribution in [2.24, 2.45) is 0 Å². The predicted octanol–water partition coefficient (Wildman–Crippen LogP) is 1.83. The molecule has 0 saturated heterocycles. The van der Waals surface area contributed by atoms with Crippen LogP contribution in [0, 0.1) is 0 Å². The number of amides is 1. The highest BCUT2D eigenvalue weighted by molar-refractivity contribution is 5.78.